The number of aliphatic hydroxyl groups is 1. The molecule has 0 aromatic rings. The first-order valence-electron chi connectivity index (χ1n) is 6.87. The zero-order chi connectivity index (χ0) is 13.8. The van der Waals surface area contributed by atoms with Gasteiger partial charge < -0.3 is 15.2 Å². The van der Waals surface area contributed by atoms with Crippen molar-refractivity contribution in [1.29, 1.82) is 0 Å². The maximum absolute atomic E-state index is 11.9. The Kier molecular flexibility index (Phi) is 5.17. The van der Waals surface area contributed by atoms with E-state index in [0.717, 1.165) is 25.9 Å². The lowest BCUT2D eigenvalue weighted by Crippen LogP contribution is -2.57. The number of hydrogen-bond acceptors (Lipinski definition) is 3. The van der Waals surface area contributed by atoms with Crippen molar-refractivity contribution in [2.75, 3.05) is 6.61 Å². The van der Waals surface area contributed by atoms with Gasteiger partial charge in [-0.1, -0.05) is 0 Å². The lowest BCUT2D eigenvalue weighted by atomic mass is 9.86. The van der Waals surface area contributed by atoms with E-state index in [1.807, 2.05) is 13.8 Å². The summed E-state index contributed by atoms with van der Waals surface area (Å²) in [6.45, 7) is 7.90. The van der Waals surface area contributed by atoms with E-state index in [0.29, 0.717) is 6.42 Å². The molecule has 18 heavy (non-hydrogen) atoms. The Hall–Kier alpha value is -0.610. The summed E-state index contributed by atoms with van der Waals surface area (Å²) in [5.41, 5.74) is -1.57. The number of hydrogen-bond donors (Lipinski definition) is 2. The summed E-state index contributed by atoms with van der Waals surface area (Å²) in [7, 11) is 0. The first-order chi connectivity index (χ1) is 8.22. The van der Waals surface area contributed by atoms with E-state index in [9.17, 15) is 9.90 Å². The molecule has 4 heteroatoms. The summed E-state index contributed by atoms with van der Waals surface area (Å²) in [5.74, 6) is -0.0173. The monoisotopic (exact) mass is 257 g/mol. The summed E-state index contributed by atoms with van der Waals surface area (Å²) < 4.78 is 5.60. The predicted octanol–water partition coefficient (Wildman–Crippen LogP) is 2.00. The van der Waals surface area contributed by atoms with E-state index in [1.165, 1.54) is 6.42 Å². The molecule has 0 aromatic carbocycles. The molecule has 1 atom stereocenters. The van der Waals surface area contributed by atoms with Crippen LogP contribution >= 0.6 is 0 Å². The van der Waals surface area contributed by atoms with Crippen molar-refractivity contribution in [2.45, 2.75) is 77.0 Å². The van der Waals surface area contributed by atoms with Gasteiger partial charge in [0.25, 0.3) is 0 Å². The van der Waals surface area contributed by atoms with Gasteiger partial charge in [-0.25, -0.2) is 0 Å². The zero-order valence-corrected chi connectivity index (χ0v) is 12.1. The van der Waals surface area contributed by atoms with Crippen molar-refractivity contribution >= 4 is 5.91 Å². The molecule has 0 radical (unpaired) electrons. The van der Waals surface area contributed by atoms with Crippen LogP contribution in [0.15, 0.2) is 0 Å². The smallest absolute Gasteiger partial charge is 0.220 e. The molecular weight excluding hydrogens is 230 g/mol. The highest BCUT2D eigenvalue weighted by molar-refractivity contribution is 5.76. The highest BCUT2D eigenvalue weighted by Crippen LogP contribution is 2.21. The Morgan fingerprint density at radius 2 is 2.00 bits per heavy atom. The van der Waals surface area contributed by atoms with Crippen molar-refractivity contribution in [3.05, 3.63) is 0 Å². The van der Waals surface area contributed by atoms with Gasteiger partial charge in [0.15, 0.2) is 0 Å². The second-order valence-electron chi connectivity index (χ2n) is 6.26. The fourth-order valence-corrected chi connectivity index (χ4v) is 1.89. The van der Waals surface area contributed by atoms with E-state index in [-0.39, 0.29) is 12.0 Å². The van der Waals surface area contributed by atoms with Gasteiger partial charge in [0.05, 0.1) is 17.2 Å². The topological polar surface area (TPSA) is 58.6 Å². The maximum Gasteiger partial charge on any atom is 0.220 e. The van der Waals surface area contributed by atoms with Crippen LogP contribution in [-0.2, 0) is 9.53 Å². The number of rotatable bonds is 5. The number of carbonyl (C=O) groups is 1. The molecule has 106 valence electrons. The van der Waals surface area contributed by atoms with Gasteiger partial charge in [-0.2, -0.15) is 0 Å². The number of nitrogens with one attached hydrogen (secondary N) is 1. The maximum atomic E-state index is 11.9. The number of ether oxygens (including phenoxy) is 1. The van der Waals surface area contributed by atoms with Crippen LogP contribution < -0.4 is 5.32 Å². The second-order valence-corrected chi connectivity index (χ2v) is 6.26. The number of amides is 1. The van der Waals surface area contributed by atoms with Gasteiger partial charge in [-0.05, 0) is 53.4 Å². The third kappa shape index (κ3) is 4.58. The summed E-state index contributed by atoms with van der Waals surface area (Å²) in [6, 6.07) is 0. The van der Waals surface area contributed by atoms with Crippen LogP contribution in [0.1, 0.15) is 59.8 Å². The molecule has 2 N–H and O–H groups in total. The molecule has 0 saturated carbocycles. The van der Waals surface area contributed by atoms with Crippen LogP contribution in [0.5, 0.6) is 0 Å². The SMILES string of the molecule is CC(C)(O)C(C)(C)NC(=O)CCC1CCCCO1. The minimum Gasteiger partial charge on any atom is -0.388 e. The minimum absolute atomic E-state index is 0.0173. The summed E-state index contributed by atoms with van der Waals surface area (Å²) >= 11 is 0. The Morgan fingerprint density at radius 1 is 1.33 bits per heavy atom. The molecule has 1 amide bonds. The fourth-order valence-electron chi connectivity index (χ4n) is 1.89. The van der Waals surface area contributed by atoms with E-state index < -0.39 is 11.1 Å². The van der Waals surface area contributed by atoms with Crippen LogP contribution in [0.2, 0.25) is 0 Å². The van der Waals surface area contributed by atoms with E-state index in [4.69, 9.17) is 4.74 Å². The Labute approximate surface area is 110 Å². The molecule has 1 fully saturated rings. The second kappa shape index (κ2) is 6.02. The molecular formula is C14H27NO3. The first-order valence-corrected chi connectivity index (χ1v) is 6.87. The van der Waals surface area contributed by atoms with Crippen LogP contribution in [0, 0.1) is 0 Å². The van der Waals surface area contributed by atoms with Crippen molar-refractivity contribution < 1.29 is 14.6 Å². The Bertz CT molecular complexity index is 275. The summed E-state index contributed by atoms with van der Waals surface area (Å²) in [4.78, 5) is 11.9. The standard InChI is InChI=1S/C14H27NO3/c1-13(2,14(3,4)17)15-12(16)9-8-11-7-5-6-10-18-11/h11,17H,5-10H2,1-4H3,(H,15,16). The normalized spacial score (nSPS) is 21.7. The molecule has 4 nitrogen and oxygen atoms in total. The molecule has 1 aliphatic heterocycles. The third-order valence-corrected chi connectivity index (χ3v) is 3.95. The van der Waals surface area contributed by atoms with Crippen molar-refractivity contribution in [2.24, 2.45) is 0 Å². The molecule has 1 unspecified atom stereocenters. The Morgan fingerprint density at radius 3 is 2.50 bits per heavy atom. The molecule has 0 spiro atoms. The Balaban J connectivity index is 2.33. The van der Waals surface area contributed by atoms with Gasteiger partial charge in [0.1, 0.15) is 0 Å². The highest BCUT2D eigenvalue weighted by Gasteiger charge is 2.36. The van der Waals surface area contributed by atoms with Gasteiger partial charge in [0.2, 0.25) is 5.91 Å². The van der Waals surface area contributed by atoms with E-state index >= 15 is 0 Å². The summed E-state index contributed by atoms with van der Waals surface area (Å²) in [6.07, 6.45) is 4.85. The largest absolute Gasteiger partial charge is 0.388 e. The average molecular weight is 257 g/mol. The quantitative estimate of drug-likeness (QED) is 0.792. The lowest BCUT2D eigenvalue weighted by molar-refractivity contribution is -0.127. The van der Waals surface area contributed by atoms with Crippen molar-refractivity contribution in [3.8, 4) is 0 Å². The average Bonchev–Trinajstić information content (AvgIpc) is 2.26. The highest BCUT2D eigenvalue weighted by atomic mass is 16.5. The zero-order valence-electron chi connectivity index (χ0n) is 12.1. The van der Waals surface area contributed by atoms with Crippen LogP contribution in [0.3, 0.4) is 0 Å². The van der Waals surface area contributed by atoms with Crippen LogP contribution in [0.4, 0.5) is 0 Å². The lowest BCUT2D eigenvalue weighted by Gasteiger charge is -2.38. The van der Waals surface area contributed by atoms with Crippen LogP contribution in [-0.4, -0.2) is 34.9 Å². The molecule has 1 aliphatic rings. The molecule has 1 saturated heterocycles. The van der Waals surface area contributed by atoms with Crippen molar-refractivity contribution in [1.82, 2.24) is 5.32 Å². The molecule has 1 heterocycles. The molecule has 0 aliphatic carbocycles. The number of carbonyl (C=O) groups excluding carboxylic acids is 1. The van der Waals surface area contributed by atoms with E-state index in [2.05, 4.69) is 5.32 Å². The third-order valence-electron chi connectivity index (χ3n) is 3.95. The molecule has 0 bridgehead atoms. The van der Waals surface area contributed by atoms with Gasteiger partial charge in [-0.15, -0.1) is 0 Å². The fraction of sp³-hybridized carbons (Fsp3) is 0.929. The predicted molar refractivity (Wildman–Crippen MR) is 71.3 cm³/mol. The molecule has 0 aromatic heterocycles. The van der Waals surface area contributed by atoms with Gasteiger partial charge >= 0.3 is 0 Å². The van der Waals surface area contributed by atoms with Crippen molar-refractivity contribution in [3.63, 3.8) is 0 Å². The minimum atomic E-state index is -0.940. The van der Waals surface area contributed by atoms with Crippen LogP contribution in [0.25, 0.3) is 0 Å². The molecule has 1 rings (SSSR count). The van der Waals surface area contributed by atoms with E-state index in [1.54, 1.807) is 13.8 Å². The van der Waals surface area contributed by atoms with Gasteiger partial charge in [0, 0.05) is 13.0 Å². The summed E-state index contributed by atoms with van der Waals surface area (Å²) in [5, 5.41) is 12.9. The first kappa shape index (κ1) is 15.4. The van der Waals surface area contributed by atoms with Gasteiger partial charge in [-0.3, -0.25) is 4.79 Å².